The van der Waals surface area contributed by atoms with Gasteiger partial charge in [0.25, 0.3) is 0 Å². The molecule has 13 heteroatoms. The van der Waals surface area contributed by atoms with E-state index in [1.54, 1.807) is 25.3 Å². The number of carboxylic acids is 1. The van der Waals surface area contributed by atoms with Gasteiger partial charge in [-0.05, 0) is 35.9 Å². The molecule has 3 aromatic rings. The normalized spacial score (nSPS) is 13.5. The molecule has 1 amide bonds. The summed E-state index contributed by atoms with van der Waals surface area (Å²) < 4.78 is 43.1. The number of rotatable bonds is 5. The van der Waals surface area contributed by atoms with E-state index in [-0.39, 0.29) is 12.3 Å². The number of halogens is 4. The zero-order valence-corrected chi connectivity index (χ0v) is 21.1. The third-order valence-corrected chi connectivity index (χ3v) is 5.81. The van der Waals surface area contributed by atoms with Crippen molar-refractivity contribution >= 4 is 50.2 Å². The maximum absolute atomic E-state index is 12.9. The van der Waals surface area contributed by atoms with Crippen molar-refractivity contribution in [1.29, 1.82) is 0 Å². The Hall–Kier alpha value is -3.58. The maximum Gasteiger partial charge on any atom is 0.490 e. The molecule has 1 fully saturated rings. The van der Waals surface area contributed by atoms with Crippen molar-refractivity contribution in [2.24, 2.45) is 0 Å². The average Bonchev–Trinajstić information content (AvgIpc) is 2.84. The van der Waals surface area contributed by atoms with Gasteiger partial charge in [0.15, 0.2) is 0 Å². The largest absolute Gasteiger partial charge is 0.497 e. The highest BCUT2D eigenvalue weighted by Gasteiger charge is 2.38. The third-order valence-electron chi connectivity index (χ3n) is 5.32. The monoisotopic (exact) mass is 585 g/mol. The predicted octanol–water partition coefficient (Wildman–Crippen LogP) is 3.79. The number of hydrogen-bond acceptors (Lipinski definition) is 7. The first-order chi connectivity index (χ1) is 17.5. The molecular formula is C24H23BrF3N3O6. The molecule has 0 spiro atoms. The second kappa shape index (κ2) is 12.1. The molecule has 37 heavy (non-hydrogen) atoms. The molecular weight excluding hydrogens is 563 g/mol. The average molecular weight is 586 g/mol. The van der Waals surface area contributed by atoms with Crippen LogP contribution in [0, 0.1) is 0 Å². The van der Waals surface area contributed by atoms with Crippen LogP contribution in [0.3, 0.4) is 0 Å². The fraction of sp³-hybridized carbons (Fsp3) is 0.292. The molecule has 2 aromatic carbocycles. The molecule has 0 radical (unpaired) electrons. The van der Waals surface area contributed by atoms with Crippen molar-refractivity contribution in [2.75, 3.05) is 43.5 Å². The number of carbonyl (C=O) groups excluding carboxylic acids is 1. The summed E-state index contributed by atoms with van der Waals surface area (Å²) in [7, 11) is 1.55. The van der Waals surface area contributed by atoms with Gasteiger partial charge in [-0.1, -0.05) is 15.9 Å². The van der Waals surface area contributed by atoms with Crippen molar-refractivity contribution in [3.05, 3.63) is 62.9 Å². The van der Waals surface area contributed by atoms with Gasteiger partial charge in [0.2, 0.25) is 5.91 Å². The van der Waals surface area contributed by atoms with Crippen LogP contribution >= 0.6 is 15.9 Å². The number of aliphatic carboxylic acids is 1. The van der Waals surface area contributed by atoms with Crippen molar-refractivity contribution in [3.8, 4) is 5.75 Å². The van der Waals surface area contributed by atoms with Gasteiger partial charge in [0.1, 0.15) is 11.3 Å². The van der Waals surface area contributed by atoms with Crippen molar-refractivity contribution in [2.45, 2.75) is 12.6 Å². The van der Waals surface area contributed by atoms with E-state index in [2.05, 4.69) is 31.5 Å². The summed E-state index contributed by atoms with van der Waals surface area (Å²) in [6, 6.07) is 12.5. The van der Waals surface area contributed by atoms with E-state index in [1.807, 2.05) is 18.2 Å². The van der Waals surface area contributed by atoms with E-state index in [9.17, 15) is 22.8 Å². The molecule has 1 aliphatic rings. The first kappa shape index (κ1) is 28.0. The summed E-state index contributed by atoms with van der Waals surface area (Å²) in [5, 5.41) is 14.2. The molecule has 3 N–H and O–H groups in total. The molecule has 0 atom stereocenters. The number of carbonyl (C=O) groups is 2. The summed E-state index contributed by atoms with van der Waals surface area (Å²) in [5.41, 5.74) is 2.23. The minimum Gasteiger partial charge on any atom is -0.497 e. The number of anilines is 2. The van der Waals surface area contributed by atoms with E-state index >= 15 is 0 Å². The summed E-state index contributed by atoms with van der Waals surface area (Å²) >= 11 is 3.49. The van der Waals surface area contributed by atoms with Gasteiger partial charge in [-0.15, -0.1) is 0 Å². The second-order valence-electron chi connectivity index (χ2n) is 7.88. The maximum atomic E-state index is 12.9. The highest BCUT2D eigenvalue weighted by Crippen LogP contribution is 2.30. The van der Waals surface area contributed by atoms with Crippen LogP contribution in [0.1, 0.15) is 5.56 Å². The zero-order valence-electron chi connectivity index (χ0n) is 19.5. The number of methoxy groups -OCH3 is 1. The third kappa shape index (κ3) is 7.70. The van der Waals surface area contributed by atoms with Gasteiger partial charge in [0, 0.05) is 48.2 Å². The van der Waals surface area contributed by atoms with Crippen molar-refractivity contribution in [1.82, 2.24) is 5.32 Å². The number of fused-ring (bicyclic) bond motifs is 1. The van der Waals surface area contributed by atoms with E-state index in [4.69, 9.17) is 19.1 Å². The van der Waals surface area contributed by atoms with Crippen LogP contribution in [0.15, 0.2) is 56.1 Å². The molecule has 1 aromatic heterocycles. The van der Waals surface area contributed by atoms with Crippen LogP contribution in [0.4, 0.5) is 24.5 Å². The quantitative estimate of drug-likeness (QED) is 0.387. The fourth-order valence-electron chi connectivity index (χ4n) is 3.64. The predicted molar refractivity (Wildman–Crippen MR) is 134 cm³/mol. The molecule has 4 rings (SSSR count). The Morgan fingerprint density at radius 1 is 1.16 bits per heavy atom. The lowest BCUT2D eigenvalue weighted by atomic mass is 10.1. The van der Waals surface area contributed by atoms with E-state index in [1.165, 1.54) is 6.07 Å². The lowest BCUT2D eigenvalue weighted by molar-refractivity contribution is -0.192. The Bertz CT molecular complexity index is 1340. The van der Waals surface area contributed by atoms with Crippen LogP contribution in [0.2, 0.25) is 0 Å². The van der Waals surface area contributed by atoms with Crippen LogP contribution in [0.5, 0.6) is 5.75 Å². The molecule has 0 aliphatic carbocycles. The van der Waals surface area contributed by atoms with E-state index < -0.39 is 17.8 Å². The summed E-state index contributed by atoms with van der Waals surface area (Å²) in [5.74, 6) is -2.37. The van der Waals surface area contributed by atoms with E-state index in [0.29, 0.717) is 22.3 Å². The molecule has 0 unspecified atom stereocenters. The minimum atomic E-state index is -5.08. The summed E-state index contributed by atoms with van der Waals surface area (Å²) in [6.07, 6.45) is -5.03. The van der Waals surface area contributed by atoms with Crippen LogP contribution in [-0.2, 0) is 16.0 Å². The topological polar surface area (TPSA) is 121 Å². The van der Waals surface area contributed by atoms with Crippen molar-refractivity contribution < 1.29 is 37.0 Å². The number of ether oxygens (including phenoxy) is 1. The lowest BCUT2D eigenvalue weighted by Crippen LogP contribution is -2.43. The smallest absolute Gasteiger partial charge is 0.490 e. The van der Waals surface area contributed by atoms with Gasteiger partial charge in [0.05, 0.1) is 24.9 Å². The lowest BCUT2D eigenvalue weighted by Gasteiger charge is -2.31. The number of hydrogen-bond donors (Lipinski definition) is 3. The summed E-state index contributed by atoms with van der Waals surface area (Å²) in [6.45, 7) is 3.55. The van der Waals surface area contributed by atoms with Gasteiger partial charge >= 0.3 is 17.8 Å². The molecule has 0 bridgehead atoms. The number of nitrogens with zero attached hydrogens (tertiary/aromatic N) is 1. The standard InChI is InChI=1S/C22H22BrN3O4.C2HF3O2/c1-29-16-3-4-17-14(11-22(28)30-20(17)13-16)10-21(27)25-18-12-15(23)2-5-19(18)26-8-6-24-7-9-26;3-2(4,5)1(6)7/h2-5,11-13,24H,6-10H2,1H3,(H,25,27);(H,6,7). The Kier molecular flexibility index (Phi) is 9.16. The first-order valence-corrected chi connectivity index (χ1v) is 11.7. The minimum absolute atomic E-state index is 0.0575. The molecule has 198 valence electrons. The fourth-order valence-corrected chi connectivity index (χ4v) is 4.00. The molecule has 1 aliphatic heterocycles. The SMILES string of the molecule is COc1ccc2c(CC(=O)Nc3cc(Br)ccc3N3CCNCC3)cc(=O)oc2c1.O=C(O)C(F)(F)F. The number of alkyl halides is 3. The highest BCUT2D eigenvalue weighted by atomic mass is 79.9. The molecule has 0 saturated carbocycles. The molecule has 1 saturated heterocycles. The van der Waals surface area contributed by atoms with Gasteiger partial charge < -0.3 is 29.8 Å². The highest BCUT2D eigenvalue weighted by molar-refractivity contribution is 9.10. The Morgan fingerprint density at radius 3 is 2.46 bits per heavy atom. The number of carboxylic acid groups (broad SMARTS) is 1. The van der Waals surface area contributed by atoms with Crippen molar-refractivity contribution in [3.63, 3.8) is 0 Å². The Balaban J connectivity index is 0.000000479. The second-order valence-corrected chi connectivity index (χ2v) is 8.79. The number of benzene rings is 2. The van der Waals surface area contributed by atoms with Gasteiger partial charge in [-0.2, -0.15) is 13.2 Å². The van der Waals surface area contributed by atoms with Crippen LogP contribution in [-0.4, -0.2) is 56.4 Å². The van der Waals surface area contributed by atoms with Crippen LogP contribution < -0.4 is 25.9 Å². The zero-order chi connectivity index (χ0) is 27.2. The van der Waals surface area contributed by atoms with Crippen LogP contribution in [0.25, 0.3) is 11.0 Å². The van der Waals surface area contributed by atoms with E-state index in [0.717, 1.165) is 42.0 Å². The first-order valence-electron chi connectivity index (χ1n) is 10.9. The van der Waals surface area contributed by atoms with Gasteiger partial charge in [-0.25, -0.2) is 9.59 Å². The number of amides is 1. The Labute approximate surface area is 217 Å². The molecule has 2 heterocycles. The molecule has 9 nitrogen and oxygen atoms in total. The Morgan fingerprint density at radius 2 is 1.84 bits per heavy atom. The summed E-state index contributed by atoms with van der Waals surface area (Å²) in [4.78, 5) is 36.0. The number of nitrogens with one attached hydrogen (secondary N) is 2. The van der Waals surface area contributed by atoms with Gasteiger partial charge in [-0.3, -0.25) is 4.79 Å². The number of piperazine rings is 1.